The van der Waals surface area contributed by atoms with Gasteiger partial charge in [0.15, 0.2) is 0 Å². The van der Waals surface area contributed by atoms with Crippen LogP contribution in [0.4, 0.5) is 4.39 Å². The smallest absolute Gasteiger partial charge is 0.273 e. The lowest BCUT2D eigenvalue weighted by atomic mass is 9.94. The third kappa shape index (κ3) is 3.64. The van der Waals surface area contributed by atoms with Crippen molar-refractivity contribution in [2.24, 2.45) is 0 Å². The van der Waals surface area contributed by atoms with Crippen LogP contribution in [0.15, 0.2) is 47.3 Å². The molecule has 1 saturated heterocycles. The van der Waals surface area contributed by atoms with E-state index in [0.29, 0.717) is 28.3 Å². The highest BCUT2D eigenvalue weighted by atomic mass is 35.5. The summed E-state index contributed by atoms with van der Waals surface area (Å²) in [7, 11) is 0. The molecule has 0 atom stereocenters. The molecular weight excluding hydrogens is 443 g/mol. The number of para-hydroxylation sites is 1. The van der Waals surface area contributed by atoms with Crippen LogP contribution in [-0.2, 0) is 13.0 Å². The summed E-state index contributed by atoms with van der Waals surface area (Å²) in [4.78, 5) is 15.2. The lowest BCUT2D eigenvalue weighted by Crippen LogP contribution is -2.57. The number of hydrogen-bond donors (Lipinski definition) is 2. The van der Waals surface area contributed by atoms with Gasteiger partial charge in [0.25, 0.3) is 5.56 Å². The quantitative estimate of drug-likeness (QED) is 0.485. The first-order valence-electron chi connectivity index (χ1n) is 10.9. The summed E-state index contributed by atoms with van der Waals surface area (Å²) in [5.74, 6) is -0.482. The van der Waals surface area contributed by atoms with Gasteiger partial charge in [0.1, 0.15) is 22.7 Å². The van der Waals surface area contributed by atoms with Gasteiger partial charge in [-0.25, -0.2) is 4.39 Å². The number of rotatable bonds is 3. The van der Waals surface area contributed by atoms with Crippen LogP contribution in [-0.4, -0.2) is 50.6 Å². The molecule has 9 heteroatoms. The Morgan fingerprint density at radius 1 is 1.12 bits per heavy atom. The van der Waals surface area contributed by atoms with Crippen LogP contribution in [0, 0.1) is 12.7 Å². The van der Waals surface area contributed by atoms with Crippen molar-refractivity contribution in [1.82, 2.24) is 30.2 Å². The van der Waals surface area contributed by atoms with E-state index in [4.69, 9.17) is 0 Å². The van der Waals surface area contributed by atoms with Crippen molar-refractivity contribution in [1.29, 1.82) is 0 Å². The predicted molar refractivity (Wildman–Crippen MR) is 128 cm³/mol. The SMILES string of the molecule is Cc1cccc(F)c1-n1nc2c(-c3ccc4c(c3)CCN(C3CNC3)C4)n[nH]c2cc1=O.Cl. The number of H-pyrrole nitrogens is 1. The summed E-state index contributed by atoms with van der Waals surface area (Å²) in [6, 6.07) is 13.2. The molecule has 6 rings (SSSR count). The molecule has 7 nitrogen and oxygen atoms in total. The van der Waals surface area contributed by atoms with Gasteiger partial charge in [-0.1, -0.05) is 24.3 Å². The minimum Gasteiger partial charge on any atom is -0.314 e. The largest absolute Gasteiger partial charge is 0.314 e. The summed E-state index contributed by atoms with van der Waals surface area (Å²) >= 11 is 0. The van der Waals surface area contributed by atoms with E-state index in [1.807, 2.05) is 0 Å². The zero-order valence-corrected chi connectivity index (χ0v) is 19.0. The maximum atomic E-state index is 14.5. The molecule has 0 bridgehead atoms. The van der Waals surface area contributed by atoms with E-state index in [2.05, 4.69) is 43.7 Å². The topological polar surface area (TPSA) is 78.8 Å². The van der Waals surface area contributed by atoms with Crippen LogP contribution < -0.4 is 10.9 Å². The first kappa shape index (κ1) is 21.8. The van der Waals surface area contributed by atoms with Gasteiger partial charge in [-0.05, 0) is 42.2 Å². The van der Waals surface area contributed by atoms with Gasteiger partial charge < -0.3 is 5.32 Å². The molecule has 170 valence electrons. The average molecular weight is 467 g/mol. The van der Waals surface area contributed by atoms with Crippen molar-refractivity contribution in [2.45, 2.75) is 25.9 Å². The second-order valence-corrected chi connectivity index (χ2v) is 8.65. The van der Waals surface area contributed by atoms with Crippen molar-refractivity contribution in [3.8, 4) is 16.9 Å². The van der Waals surface area contributed by atoms with Crippen LogP contribution in [0.1, 0.15) is 16.7 Å². The van der Waals surface area contributed by atoms with E-state index in [0.717, 1.165) is 42.8 Å². The molecule has 2 aliphatic heterocycles. The second-order valence-electron chi connectivity index (χ2n) is 8.65. The molecule has 0 saturated carbocycles. The van der Waals surface area contributed by atoms with E-state index in [9.17, 15) is 9.18 Å². The fourth-order valence-electron chi connectivity index (χ4n) is 4.70. The summed E-state index contributed by atoms with van der Waals surface area (Å²) in [6.07, 6.45) is 0.995. The van der Waals surface area contributed by atoms with Gasteiger partial charge in [-0.2, -0.15) is 14.9 Å². The Morgan fingerprint density at radius 2 is 1.97 bits per heavy atom. The Bertz CT molecular complexity index is 1390. The van der Waals surface area contributed by atoms with Gasteiger partial charge in [0.05, 0.1) is 5.52 Å². The van der Waals surface area contributed by atoms with Gasteiger partial charge in [0.2, 0.25) is 0 Å². The van der Waals surface area contributed by atoms with Gasteiger partial charge in [0, 0.05) is 43.9 Å². The summed E-state index contributed by atoms with van der Waals surface area (Å²) < 4.78 is 15.7. The summed E-state index contributed by atoms with van der Waals surface area (Å²) in [6.45, 7) is 5.92. The number of hydrogen-bond acceptors (Lipinski definition) is 5. The second kappa shape index (κ2) is 8.37. The molecule has 0 unspecified atom stereocenters. The minimum atomic E-state index is -0.482. The normalized spacial score (nSPS) is 16.3. The number of nitrogens with one attached hydrogen (secondary N) is 2. The number of nitrogens with zero attached hydrogens (tertiary/aromatic N) is 4. The van der Waals surface area contributed by atoms with E-state index in [1.165, 1.54) is 23.3 Å². The summed E-state index contributed by atoms with van der Waals surface area (Å²) in [5.41, 5.74) is 5.76. The Balaban J connectivity index is 0.00000228. The fourth-order valence-corrected chi connectivity index (χ4v) is 4.70. The Kier molecular flexibility index (Phi) is 5.52. The molecule has 2 N–H and O–H groups in total. The first-order chi connectivity index (χ1) is 15.6. The molecule has 2 aromatic heterocycles. The van der Waals surface area contributed by atoms with Gasteiger partial charge in [-0.15, -0.1) is 12.4 Å². The highest BCUT2D eigenvalue weighted by molar-refractivity contribution is 5.89. The molecule has 4 heterocycles. The standard InChI is InChI=1S/C24H23FN6O.ClH/c1-14-3-2-4-19(25)24(14)31-21(32)10-20-23(29-31)22(28-27-20)16-5-6-17-13-30(18-11-26-12-18)8-7-15(17)9-16;/h2-6,9-10,18,26-27H,7-8,11-13H2,1H3;1H. The molecular formula is C24H24ClFN6O. The molecule has 0 amide bonds. The number of aromatic nitrogens is 4. The van der Waals surface area contributed by atoms with Crippen LogP contribution in [0.5, 0.6) is 0 Å². The van der Waals surface area contributed by atoms with Gasteiger partial charge in [-0.3, -0.25) is 14.8 Å². The Hall–Kier alpha value is -3.07. The van der Waals surface area contributed by atoms with E-state index >= 15 is 0 Å². The Labute approximate surface area is 196 Å². The van der Waals surface area contributed by atoms with E-state index in [-0.39, 0.29) is 18.1 Å². The highest BCUT2D eigenvalue weighted by Gasteiger charge is 2.28. The molecule has 1 fully saturated rings. The lowest BCUT2D eigenvalue weighted by molar-refractivity contribution is 0.131. The molecule has 0 spiro atoms. The van der Waals surface area contributed by atoms with Crippen LogP contribution in [0.3, 0.4) is 0 Å². The van der Waals surface area contributed by atoms with E-state index in [1.54, 1.807) is 19.1 Å². The van der Waals surface area contributed by atoms with Crippen molar-refractivity contribution < 1.29 is 4.39 Å². The number of aryl methyl sites for hydroxylation is 1. The monoisotopic (exact) mass is 466 g/mol. The fraction of sp³-hybridized carbons (Fsp3) is 0.292. The lowest BCUT2D eigenvalue weighted by Gasteiger charge is -2.41. The maximum Gasteiger partial charge on any atom is 0.273 e. The Morgan fingerprint density at radius 3 is 2.73 bits per heavy atom. The number of benzene rings is 2. The minimum absolute atomic E-state index is 0. The van der Waals surface area contributed by atoms with Crippen molar-refractivity contribution in [2.75, 3.05) is 19.6 Å². The molecule has 2 aliphatic rings. The molecule has 4 aromatic rings. The predicted octanol–water partition coefficient (Wildman–Crippen LogP) is 2.98. The summed E-state index contributed by atoms with van der Waals surface area (Å²) in [5, 5.41) is 15.2. The third-order valence-electron chi connectivity index (χ3n) is 6.64. The zero-order chi connectivity index (χ0) is 21.8. The van der Waals surface area contributed by atoms with Gasteiger partial charge >= 0.3 is 0 Å². The van der Waals surface area contributed by atoms with Crippen LogP contribution in [0.2, 0.25) is 0 Å². The highest BCUT2D eigenvalue weighted by Crippen LogP contribution is 2.30. The number of aromatic amines is 1. The molecule has 33 heavy (non-hydrogen) atoms. The number of halogens is 2. The zero-order valence-electron chi connectivity index (χ0n) is 18.1. The first-order valence-corrected chi connectivity index (χ1v) is 10.9. The van der Waals surface area contributed by atoms with Crippen molar-refractivity contribution in [3.05, 3.63) is 75.3 Å². The maximum absolute atomic E-state index is 14.5. The van der Waals surface area contributed by atoms with Crippen molar-refractivity contribution >= 4 is 23.4 Å². The average Bonchev–Trinajstić information content (AvgIpc) is 3.14. The van der Waals surface area contributed by atoms with Crippen LogP contribution in [0.25, 0.3) is 28.0 Å². The van der Waals surface area contributed by atoms with Crippen molar-refractivity contribution in [3.63, 3.8) is 0 Å². The van der Waals surface area contributed by atoms with E-state index < -0.39 is 11.4 Å². The molecule has 0 radical (unpaired) electrons. The molecule has 2 aromatic carbocycles. The molecule has 0 aliphatic carbocycles. The van der Waals surface area contributed by atoms with Crippen LogP contribution >= 0.6 is 12.4 Å². The number of fused-ring (bicyclic) bond motifs is 2. The third-order valence-corrected chi connectivity index (χ3v) is 6.64.